The number of hydrogen-bond acceptors (Lipinski definition) is 3. The van der Waals surface area contributed by atoms with Crippen LogP contribution in [0.1, 0.15) is 32.3 Å². The van der Waals surface area contributed by atoms with Gasteiger partial charge in [0.25, 0.3) is 0 Å². The molecule has 0 radical (unpaired) electrons. The highest BCUT2D eigenvalue weighted by Crippen LogP contribution is 2.20. The molecule has 0 saturated carbocycles. The number of hydrogen-bond donors (Lipinski definition) is 1. The molecule has 1 fully saturated rings. The fourth-order valence-corrected chi connectivity index (χ4v) is 3.02. The molecule has 0 aliphatic carbocycles. The highest BCUT2D eigenvalue weighted by atomic mass is 35.5. The molecule has 1 aromatic rings. The van der Waals surface area contributed by atoms with Crippen molar-refractivity contribution in [3.05, 3.63) is 34.6 Å². The van der Waals surface area contributed by atoms with Gasteiger partial charge in [-0.25, -0.2) is 9.38 Å². The Morgan fingerprint density at radius 2 is 2.12 bits per heavy atom. The van der Waals surface area contributed by atoms with Crippen LogP contribution in [0, 0.1) is 11.7 Å². The molecule has 1 N–H and O–H groups in total. The average molecular weight is 370 g/mol. The van der Waals surface area contributed by atoms with Crippen molar-refractivity contribution in [1.82, 2.24) is 10.2 Å². The summed E-state index contributed by atoms with van der Waals surface area (Å²) < 4.78 is 18.3. The van der Waals surface area contributed by atoms with Crippen LogP contribution in [-0.4, -0.2) is 43.1 Å². The molecule has 0 aromatic heterocycles. The maximum absolute atomic E-state index is 13.2. The van der Waals surface area contributed by atoms with E-state index in [9.17, 15) is 9.18 Å². The van der Waals surface area contributed by atoms with Gasteiger partial charge >= 0.3 is 5.97 Å². The first-order valence-corrected chi connectivity index (χ1v) is 9.06. The lowest BCUT2D eigenvalue weighted by Crippen LogP contribution is -2.46. The van der Waals surface area contributed by atoms with Gasteiger partial charge in [-0.15, -0.1) is 0 Å². The molecule has 1 aliphatic rings. The van der Waals surface area contributed by atoms with E-state index in [4.69, 9.17) is 16.3 Å². The van der Waals surface area contributed by atoms with Crippen molar-refractivity contribution in [2.75, 3.05) is 26.2 Å². The van der Waals surface area contributed by atoms with Crippen molar-refractivity contribution >= 4 is 23.5 Å². The van der Waals surface area contributed by atoms with Gasteiger partial charge in [0.15, 0.2) is 5.96 Å². The van der Waals surface area contributed by atoms with Gasteiger partial charge < -0.3 is 15.0 Å². The minimum atomic E-state index is -0.428. The van der Waals surface area contributed by atoms with Gasteiger partial charge in [0, 0.05) is 19.6 Å². The molecule has 0 spiro atoms. The molecule has 25 heavy (non-hydrogen) atoms. The Morgan fingerprint density at radius 1 is 1.40 bits per heavy atom. The molecule has 2 rings (SSSR count). The normalized spacial score (nSPS) is 16.0. The van der Waals surface area contributed by atoms with E-state index >= 15 is 0 Å². The lowest BCUT2D eigenvalue weighted by molar-refractivity contribution is -0.149. The number of benzene rings is 1. The Kier molecular flexibility index (Phi) is 7.50. The quantitative estimate of drug-likeness (QED) is 0.492. The Labute approximate surface area is 153 Å². The summed E-state index contributed by atoms with van der Waals surface area (Å²) in [5, 5.41) is 3.38. The first-order chi connectivity index (χ1) is 12.0. The summed E-state index contributed by atoms with van der Waals surface area (Å²) in [4.78, 5) is 18.6. The van der Waals surface area contributed by atoms with E-state index in [0.717, 1.165) is 44.0 Å². The van der Waals surface area contributed by atoms with Crippen molar-refractivity contribution in [1.29, 1.82) is 0 Å². The predicted molar refractivity (Wildman–Crippen MR) is 97.2 cm³/mol. The van der Waals surface area contributed by atoms with Crippen LogP contribution in [0.2, 0.25) is 5.02 Å². The van der Waals surface area contributed by atoms with E-state index in [1.165, 1.54) is 6.07 Å². The lowest BCUT2D eigenvalue weighted by Gasteiger charge is -2.33. The molecule has 1 saturated heterocycles. The number of rotatable bonds is 5. The number of aliphatic imine (C=N–C) groups is 1. The van der Waals surface area contributed by atoms with Crippen molar-refractivity contribution in [2.24, 2.45) is 10.9 Å². The number of carbonyl (C=O) groups is 1. The Balaban J connectivity index is 1.98. The number of nitrogens with zero attached hydrogens (tertiary/aromatic N) is 2. The van der Waals surface area contributed by atoms with Gasteiger partial charge in [0.2, 0.25) is 0 Å². The van der Waals surface area contributed by atoms with Crippen LogP contribution in [-0.2, 0) is 16.1 Å². The van der Waals surface area contributed by atoms with Crippen LogP contribution in [0.15, 0.2) is 23.2 Å². The number of esters is 1. The molecule has 1 aromatic carbocycles. The molecule has 5 nitrogen and oxygen atoms in total. The van der Waals surface area contributed by atoms with E-state index in [0.29, 0.717) is 13.2 Å². The summed E-state index contributed by atoms with van der Waals surface area (Å²) in [6.45, 7) is 6.92. The molecule has 1 aliphatic heterocycles. The second-order valence-electron chi connectivity index (χ2n) is 5.93. The lowest BCUT2D eigenvalue weighted by atomic mass is 9.97. The number of guanidine groups is 1. The van der Waals surface area contributed by atoms with Gasteiger partial charge in [0.1, 0.15) is 5.82 Å². The summed E-state index contributed by atoms with van der Waals surface area (Å²) >= 11 is 5.82. The third kappa shape index (κ3) is 5.59. The Morgan fingerprint density at radius 3 is 2.72 bits per heavy atom. The zero-order valence-electron chi connectivity index (χ0n) is 14.7. The van der Waals surface area contributed by atoms with Crippen LogP contribution in [0.25, 0.3) is 0 Å². The monoisotopic (exact) mass is 369 g/mol. The molecule has 0 unspecified atom stereocenters. The van der Waals surface area contributed by atoms with E-state index in [1.54, 1.807) is 12.1 Å². The van der Waals surface area contributed by atoms with Crippen LogP contribution in [0.5, 0.6) is 0 Å². The van der Waals surface area contributed by atoms with Gasteiger partial charge in [-0.1, -0.05) is 17.7 Å². The third-order valence-electron chi connectivity index (χ3n) is 4.14. The molecule has 138 valence electrons. The van der Waals surface area contributed by atoms with Crippen LogP contribution >= 0.6 is 11.6 Å². The fourth-order valence-electron chi connectivity index (χ4n) is 2.82. The summed E-state index contributed by atoms with van der Waals surface area (Å²) in [7, 11) is 0. The van der Waals surface area contributed by atoms with Crippen molar-refractivity contribution < 1.29 is 13.9 Å². The van der Waals surface area contributed by atoms with E-state index in [1.807, 2.05) is 13.8 Å². The maximum atomic E-state index is 13.2. The number of carbonyl (C=O) groups excluding carboxylic acids is 1. The third-order valence-corrected chi connectivity index (χ3v) is 4.43. The number of likely N-dealkylation sites (tertiary alicyclic amines) is 1. The SMILES string of the molecule is CCNC(=NCc1ccc(F)c(Cl)c1)N1CCC(C(=O)OCC)CC1. The minimum absolute atomic E-state index is 0.0324. The van der Waals surface area contributed by atoms with Gasteiger partial charge in [-0.05, 0) is 44.4 Å². The summed E-state index contributed by atoms with van der Waals surface area (Å²) in [5.74, 6) is 0.229. The molecule has 0 amide bonds. The standard InChI is InChI=1S/C18H25ClFN3O2/c1-3-21-18(22-12-13-5-6-16(20)15(19)11-13)23-9-7-14(8-10-23)17(24)25-4-2/h5-6,11,14H,3-4,7-10,12H2,1-2H3,(H,21,22). The van der Waals surface area contributed by atoms with Crippen molar-refractivity contribution in [2.45, 2.75) is 33.2 Å². The van der Waals surface area contributed by atoms with Crippen LogP contribution in [0.3, 0.4) is 0 Å². The van der Waals surface area contributed by atoms with Gasteiger partial charge in [-0.3, -0.25) is 4.79 Å². The van der Waals surface area contributed by atoms with Crippen molar-refractivity contribution in [3.63, 3.8) is 0 Å². The summed E-state index contributed by atoms with van der Waals surface area (Å²) in [6, 6.07) is 4.63. The zero-order valence-corrected chi connectivity index (χ0v) is 15.5. The van der Waals surface area contributed by atoms with E-state index in [-0.39, 0.29) is 16.9 Å². The maximum Gasteiger partial charge on any atom is 0.309 e. The first kappa shape index (κ1) is 19.5. The molecular formula is C18H25ClFN3O2. The number of halogens is 2. The number of ether oxygens (including phenoxy) is 1. The number of nitrogens with one attached hydrogen (secondary N) is 1. The van der Waals surface area contributed by atoms with Gasteiger partial charge in [0.05, 0.1) is 24.1 Å². The fraction of sp³-hybridized carbons (Fsp3) is 0.556. The Bertz CT molecular complexity index is 616. The van der Waals surface area contributed by atoms with Crippen molar-refractivity contribution in [3.8, 4) is 0 Å². The number of piperidine rings is 1. The second-order valence-corrected chi connectivity index (χ2v) is 6.34. The average Bonchev–Trinajstić information content (AvgIpc) is 2.62. The topological polar surface area (TPSA) is 53.9 Å². The first-order valence-electron chi connectivity index (χ1n) is 8.69. The second kappa shape index (κ2) is 9.61. The molecule has 7 heteroatoms. The van der Waals surface area contributed by atoms with Gasteiger partial charge in [-0.2, -0.15) is 0 Å². The minimum Gasteiger partial charge on any atom is -0.466 e. The molecule has 0 atom stereocenters. The highest BCUT2D eigenvalue weighted by molar-refractivity contribution is 6.30. The summed E-state index contributed by atoms with van der Waals surface area (Å²) in [6.07, 6.45) is 1.51. The van der Waals surface area contributed by atoms with Crippen LogP contribution < -0.4 is 5.32 Å². The predicted octanol–water partition coefficient (Wildman–Crippen LogP) is 3.22. The van der Waals surface area contributed by atoms with E-state index in [2.05, 4.69) is 15.2 Å². The highest BCUT2D eigenvalue weighted by Gasteiger charge is 2.27. The van der Waals surface area contributed by atoms with E-state index < -0.39 is 5.82 Å². The smallest absolute Gasteiger partial charge is 0.309 e. The molecular weight excluding hydrogens is 345 g/mol. The summed E-state index contributed by atoms with van der Waals surface area (Å²) in [5.41, 5.74) is 0.850. The zero-order chi connectivity index (χ0) is 18.2. The largest absolute Gasteiger partial charge is 0.466 e. The molecule has 0 bridgehead atoms. The Hall–Kier alpha value is -1.82. The van der Waals surface area contributed by atoms with Crippen LogP contribution in [0.4, 0.5) is 4.39 Å². The molecule has 1 heterocycles.